The maximum Gasteiger partial charge on any atom is 0.136 e. The van der Waals surface area contributed by atoms with E-state index in [-0.39, 0.29) is 0 Å². The van der Waals surface area contributed by atoms with Gasteiger partial charge in [0.05, 0.1) is 39.1 Å². The second-order valence-electron chi connectivity index (χ2n) is 14.3. The van der Waals surface area contributed by atoms with Crippen molar-refractivity contribution in [1.82, 2.24) is 24.1 Å². The van der Waals surface area contributed by atoms with E-state index in [0.29, 0.717) is 0 Å². The molecule has 6 nitrogen and oxygen atoms in total. The zero-order chi connectivity index (χ0) is 36.7. The molecule has 0 aliphatic rings. The van der Waals surface area contributed by atoms with E-state index in [1.165, 1.54) is 5.39 Å². The van der Waals surface area contributed by atoms with Crippen LogP contribution in [0.3, 0.4) is 0 Å². The summed E-state index contributed by atoms with van der Waals surface area (Å²) in [5.74, 6) is 0. The fourth-order valence-electron chi connectivity index (χ4n) is 8.75. The Balaban J connectivity index is 1.11. The largest absolute Gasteiger partial charge is 0.456 e. The van der Waals surface area contributed by atoms with Crippen molar-refractivity contribution < 1.29 is 4.42 Å². The van der Waals surface area contributed by atoms with Crippen molar-refractivity contribution in [2.45, 2.75) is 0 Å². The average molecular weight is 718 g/mol. The number of hydrogen-bond acceptors (Lipinski definition) is 3. The van der Waals surface area contributed by atoms with Gasteiger partial charge in [0, 0.05) is 43.4 Å². The van der Waals surface area contributed by atoms with Crippen LogP contribution in [0.5, 0.6) is 0 Å². The minimum atomic E-state index is 0.847. The van der Waals surface area contributed by atoms with Gasteiger partial charge in [-0.1, -0.05) is 133 Å². The molecule has 0 aliphatic heterocycles. The topological polar surface area (TPSA) is 53.7 Å². The second kappa shape index (κ2) is 11.9. The lowest BCUT2D eigenvalue weighted by Gasteiger charge is -2.16. The zero-order valence-corrected chi connectivity index (χ0v) is 30.0. The second-order valence-corrected chi connectivity index (χ2v) is 14.3. The number of benzene rings is 8. The molecule has 0 unspecified atom stereocenters. The molecule has 12 rings (SSSR count). The molecule has 0 saturated carbocycles. The third-order valence-corrected chi connectivity index (χ3v) is 11.2. The molecule has 0 atom stereocenters. The summed E-state index contributed by atoms with van der Waals surface area (Å²) in [6.07, 6.45) is 0. The smallest absolute Gasteiger partial charge is 0.136 e. The van der Waals surface area contributed by atoms with Crippen LogP contribution in [0.4, 0.5) is 0 Å². The van der Waals surface area contributed by atoms with E-state index < -0.39 is 0 Å². The first-order valence-electron chi connectivity index (χ1n) is 18.8. The van der Waals surface area contributed by atoms with Gasteiger partial charge in [-0.3, -0.25) is 0 Å². The van der Waals surface area contributed by atoms with Crippen LogP contribution in [0.15, 0.2) is 192 Å². The van der Waals surface area contributed by atoms with Crippen molar-refractivity contribution >= 4 is 65.6 Å². The Hall–Kier alpha value is -7.70. The minimum absolute atomic E-state index is 0.847. The lowest BCUT2D eigenvalue weighted by Crippen LogP contribution is -2.03. The third kappa shape index (κ3) is 4.44. The Morgan fingerprint density at radius 2 is 0.929 bits per heavy atom. The average Bonchev–Trinajstić information content (AvgIpc) is 4.03. The highest BCUT2D eigenvalue weighted by molar-refractivity contribution is 6.17. The van der Waals surface area contributed by atoms with E-state index in [4.69, 9.17) is 14.7 Å². The van der Waals surface area contributed by atoms with Crippen LogP contribution in [0, 0.1) is 0 Å². The number of hydrogen-bond donors (Lipinski definition) is 0. The molecule has 6 heteroatoms. The fourth-order valence-corrected chi connectivity index (χ4v) is 8.75. The molecule has 0 aliphatic carbocycles. The SMILES string of the molecule is c1ccc(-c2nnn(-c3ccc4c(c3)c3ccccc3n4-c3ccccc3-n3c4ccccc4c4cc5oc6ccccc6c5cc43)c2-c2ccccc2)cc1. The van der Waals surface area contributed by atoms with Crippen LogP contribution in [0.1, 0.15) is 0 Å². The van der Waals surface area contributed by atoms with Gasteiger partial charge in [-0.2, -0.15) is 0 Å². The Labute approximate surface area is 320 Å². The van der Waals surface area contributed by atoms with Gasteiger partial charge in [0.15, 0.2) is 0 Å². The van der Waals surface area contributed by atoms with Crippen molar-refractivity contribution in [3.63, 3.8) is 0 Å². The summed E-state index contributed by atoms with van der Waals surface area (Å²) in [5.41, 5.74) is 13.3. The Morgan fingerprint density at radius 1 is 0.375 bits per heavy atom. The number of rotatable bonds is 5. The number of fused-ring (bicyclic) bond motifs is 9. The quantitative estimate of drug-likeness (QED) is 0.178. The molecule has 8 aromatic carbocycles. The van der Waals surface area contributed by atoms with Gasteiger partial charge in [0.25, 0.3) is 0 Å². The Kier molecular flexibility index (Phi) is 6.53. The molecular formula is C50H31N5O. The number of furan rings is 1. The van der Waals surface area contributed by atoms with Crippen LogP contribution in [0.2, 0.25) is 0 Å². The molecule has 12 aromatic rings. The molecule has 4 aromatic heterocycles. The van der Waals surface area contributed by atoms with E-state index in [9.17, 15) is 0 Å². The van der Waals surface area contributed by atoms with Gasteiger partial charge < -0.3 is 13.6 Å². The van der Waals surface area contributed by atoms with Crippen molar-refractivity contribution in [3.8, 4) is 39.6 Å². The third-order valence-electron chi connectivity index (χ3n) is 11.2. The van der Waals surface area contributed by atoms with E-state index in [1.807, 2.05) is 41.1 Å². The molecule has 0 spiro atoms. The van der Waals surface area contributed by atoms with E-state index in [1.54, 1.807) is 0 Å². The van der Waals surface area contributed by atoms with Crippen molar-refractivity contribution in [2.75, 3.05) is 0 Å². The van der Waals surface area contributed by atoms with Crippen molar-refractivity contribution in [2.24, 2.45) is 0 Å². The molecule has 0 N–H and O–H groups in total. The fraction of sp³-hybridized carbons (Fsp3) is 0. The predicted molar refractivity (Wildman–Crippen MR) is 228 cm³/mol. The highest BCUT2D eigenvalue weighted by Gasteiger charge is 2.22. The Bertz CT molecular complexity index is 3480. The van der Waals surface area contributed by atoms with Gasteiger partial charge >= 0.3 is 0 Å². The summed E-state index contributed by atoms with van der Waals surface area (Å²) in [6, 6.07) is 66.3. The molecule has 0 amide bonds. The summed E-state index contributed by atoms with van der Waals surface area (Å²) in [4.78, 5) is 0. The van der Waals surface area contributed by atoms with Crippen LogP contribution < -0.4 is 0 Å². The molecule has 56 heavy (non-hydrogen) atoms. The van der Waals surface area contributed by atoms with Crippen molar-refractivity contribution in [1.29, 1.82) is 0 Å². The van der Waals surface area contributed by atoms with Gasteiger partial charge in [-0.15, -0.1) is 5.10 Å². The molecule has 0 radical (unpaired) electrons. The summed E-state index contributed by atoms with van der Waals surface area (Å²) >= 11 is 0. The van der Waals surface area contributed by atoms with Gasteiger partial charge in [0.2, 0.25) is 0 Å². The number of para-hydroxylation sites is 5. The van der Waals surface area contributed by atoms with E-state index in [0.717, 1.165) is 99.7 Å². The molecule has 4 heterocycles. The lowest BCUT2D eigenvalue weighted by molar-refractivity contribution is 0.669. The summed E-state index contributed by atoms with van der Waals surface area (Å²) in [5, 5.41) is 16.4. The zero-order valence-electron chi connectivity index (χ0n) is 30.0. The first kappa shape index (κ1) is 30.7. The number of nitrogens with zero attached hydrogens (tertiary/aromatic N) is 5. The van der Waals surface area contributed by atoms with Crippen LogP contribution in [0.25, 0.3) is 105 Å². The van der Waals surface area contributed by atoms with E-state index >= 15 is 0 Å². The highest BCUT2D eigenvalue weighted by Crippen LogP contribution is 2.42. The van der Waals surface area contributed by atoms with Gasteiger partial charge in [0.1, 0.15) is 22.6 Å². The molecule has 0 bridgehead atoms. The monoisotopic (exact) mass is 717 g/mol. The van der Waals surface area contributed by atoms with Crippen LogP contribution in [-0.2, 0) is 0 Å². The first-order valence-corrected chi connectivity index (χ1v) is 18.8. The lowest BCUT2D eigenvalue weighted by atomic mass is 10.0. The van der Waals surface area contributed by atoms with E-state index in [2.05, 4.69) is 161 Å². The number of aromatic nitrogens is 5. The molecule has 0 saturated heterocycles. The Morgan fingerprint density at radius 3 is 1.64 bits per heavy atom. The minimum Gasteiger partial charge on any atom is -0.456 e. The summed E-state index contributed by atoms with van der Waals surface area (Å²) in [7, 11) is 0. The maximum atomic E-state index is 6.38. The normalized spacial score (nSPS) is 11.9. The highest BCUT2D eigenvalue weighted by atomic mass is 16.3. The summed E-state index contributed by atoms with van der Waals surface area (Å²) < 4.78 is 13.2. The standard InChI is InChI=1S/C50H31N5O/c1-3-15-32(16-4-1)49-50(33-17-5-2-6-18-33)55(52-51-49)34-27-28-43-38(29-34)35-19-7-10-22-41(35)53(43)44-24-12-13-25-45(44)54-42-23-11-8-20-36(42)39-31-48-40(30-46(39)54)37-21-9-14-26-47(37)56-48/h1-31H. The van der Waals surface area contributed by atoms with Crippen LogP contribution >= 0.6 is 0 Å². The summed E-state index contributed by atoms with van der Waals surface area (Å²) in [6.45, 7) is 0. The molecule has 0 fully saturated rings. The first-order chi connectivity index (χ1) is 27.8. The van der Waals surface area contributed by atoms with Gasteiger partial charge in [-0.25, -0.2) is 4.68 Å². The molecular weight excluding hydrogens is 687 g/mol. The maximum absolute atomic E-state index is 6.38. The van der Waals surface area contributed by atoms with Gasteiger partial charge in [-0.05, 0) is 60.7 Å². The van der Waals surface area contributed by atoms with Crippen molar-refractivity contribution in [3.05, 3.63) is 188 Å². The molecule has 262 valence electrons. The predicted octanol–water partition coefficient (Wildman–Crippen LogP) is 12.7. The van der Waals surface area contributed by atoms with Crippen LogP contribution in [-0.4, -0.2) is 24.1 Å².